The van der Waals surface area contributed by atoms with Crippen LogP contribution >= 0.6 is 11.6 Å². The predicted molar refractivity (Wildman–Crippen MR) is 76.3 cm³/mol. The highest BCUT2D eigenvalue weighted by Gasteiger charge is 2.23. The highest BCUT2D eigenvalue weighted by Crippen LogP contribution is 2.22. The van der Waals surface area contributed by atoms with E-state index in [9.17, 15) is 14.4 Å². The monoisotopic (exact) mass is 292 g/mol. The summed E-state index contributed by atoms with van der Waals surface area (Å²) in [5.41, 5.74) is -0.386. The van der Waals surface area contributed by atoms with Gasteiger partial charge in [0.15, 0.2) is 5.78 Å². The molecule has 20 heavy (non-hydrogen) atoms. The number of benzene rings is 1. The van der Waals surface area contributed by atoms with E-state index in [1.165, 1.54) is 24.7 Å². The van der Waals surface area contributed by atoms with E-state index in [-0.39, 0.29) is 11.5 Å². The quantitative estimate of drug-likeness (QED) is 0.632. The molecule has 0 spiro atoms. The Morgan fingerprint density at radius 2 is 1.70 bits per heavy atom. The maximum atomic E-state index is 12.2. The van der Waals surface area contributed by atoms with Crippen molar-refractivity contribution in [3.63, 3.8) is 0 Å². The van der Waals surface area contributed by atoms with Gasteiger partial charge in [-0.05, 0) is 0 Å². The van der Waals surface area contributed by atoms with Gasteiger partial charge in [-0.25, -0.2) is 4.79 Å². The lowest BCUT2D eigenvalue weighted by Gasteiger charge is -2.13. The van der Waals surface area contributed by atoms with Gasteiger partial charge >= 0.3 is 5.69 Å². The van der Waals surface area contributed by atoms with Crippen molar-refractivity contribution >= 4 is 17.4 Å². The first kappa shape index (κ1) is 14.3. The first-order chi connectivity index (χ1) is 9.43. The highest BCUT2D eigenvalue weighted by atomic mass is 35.5. The van der Waals surface area contributed by atoms with E-state index in [1.807, 2.05) is 0 Å². The molecular formula is C14H13ClN2O3. The molecule has 0 amide bonds. The molecule has 0 fully saturated rings. The minimum absolute atomic E-state index is 0.189. The Kier molecular flexibility index (Phi) is 3.90. The van der Waals surface area contributed by atoms with E-state index < -0.39 is 16.6 Å². The third kappa shape index (κ3) is 2.44. The second kappa shape index (κ2) is 5.46. The lowest BCUT2D eigenvalue weighted by Crippen LogP contribution is -2.38. The number of rotatable bonds is 3. The first-order valence-electron chi connectivity index (χ1n) is 5.93. The summed E-state index contributed by atoms with van der Waals surface area (Å²) in [7, 11) is 2.85. The summed E-state index contributed by atoms with van der Waals surface area (Å²) in [6.45, 7) is 0. The number of hydrogen-bond acceptors (Lipinski definition) is 3. The van der Waals surface area contributed by atoms with Crippen molar-refractivity contribution in [1.82, 2.24) is 9.13 Å². The Balaban J connectivity index is 2.50. The van der Waals surface area contributed by atoms with Crippen molar-refractivity contribution < 1.29 is 4.79 Å². The molecule has 0 saturated heterocycles. The van der Waals surface area contributed by atoms with Crippen molar-refractivity contribution in [2.45, 2.75) is 5.38 Å². The maximum absolute atomic E-state index is 12.2. The van der Waals surface area contributed by atoms with E-state index in [0.29, 0.717) is 5.56 Å². The third-order valence-electron chi connectivity index (χ3n) is 3.11. The summed E-state index contributed by atoms with van der Waals surface area (Å²) < 4.78 is 2.17. The molecule has 0 aliphatic rings. The number of alkyl halides is 1. The molecule has 2 aromatic rings. The highest BCUT2D eigenvalue weighted by molar-refractivity contribution is 6.33. The standard InChI is InChI=1S/C14H13ClN2O3/c1-16-10(8-11(18)17(2)14(16)20)12(15)13(19)9-6-4-3-5-7-9/h3-8,12H,1-2H3. The molecule has 0 N–H and O–H groups in total. The molecule has 0 radical (unpaired) electrons. The Bertz CT molecular complexity index is 762. The fourth-order valence-electron chi connectivity index (χ4n) is 1.88. The van der Waals surface area contributed by atoms with Crippen LogP contribution in [0.4, 0.5) is 0 Å². The molecule has 0 bridgehead atoms. The summed E-state index contributed by atoms with van der Waals surface area (Å²) in [5, 5.41) is -1.08. The molecule has 5 nitrogen and oxygen atoms in total. The van der Waals surface area contributed by atoms with Crippen LogP contribution in [0.2, 0.25) is 0 Å². The molecule has 104 valence electrons. The first-order valence-corrected chi connectivity index (χ1v) is 6.37. The minimum atomic E-state index is -1.08. The maximum Gasteiger partial charge on any atom is 0.330 e. The van der Waals surface area contributed by atoms with Crippen LogP contribution < -0.4 is 11.2 Å². The summed E-state index contributed by atoms with van der Waals surface area (Å²) in [6, 6.07) is 9.71. The zero-order valence-electron chi connectivity index (χ0n) is 11.0. The van der Waals surface area contributed by atoms with Crippen LogP contribution in [0.5, 0.6) is 0 Å². The Labute approximate surface area is 120 Å². The fourth-order valence-corrected chi connectivity index (χ4v) is 2.21. The molecular weight excluding hydrogens is 280 g/mol. The van der Waals surface area contributed by atoms with Crippen molar-refractivity contribution in [2.24, 2.45) is 14.1 Å². The van der Waals surface area contributed by atoms with Crippen LogP contribution in [-0.2, 0) is 14.1 Å². The average molecular weight is 293 g/mol. The molecule has 6 heteroatoms. The molecule has 2 rings (SSSR count). The van der Waals surface area contributed by atoms with E-state index >= 15 is 0 Å². The molecule has 1 unspecified atom stereocenters. The van der Waals surface area contributed by atoms with Crippen LogP contribution in [0.25, 0.3) is 0 Å². The predicted octanol–water partition coefficient (Wildman–Crippen LogP) is 1.25. The van der Waals surface area contributed by atoms with Crippen molar-refractivity contribution in [3.8, 4) is 0 Å². The smallest absolute Gasteiger partial charge is 0.299 e. The molecule has 1 aromatic heterocycles. The third-order valence-corrected chi connectivity index (χ3v) is 3.53. The largest absolute Gasteiger partial charge is 0.330 e. The topological polar surface area (TPSA) is 61.1 Å². The lowest BCUT2D eigenvalue weighted by atomic mass is 10.1. The van der Waals surface area contributed by atoms with Gasteiger partial charge in [-0.1, -0.05) is 30.3 Å². The van der Waals surface area contributed by atoms with Gasteiger partial charge in [-0.15, -0.1) is 11.6 Å². The fraction of sp³-hybridized carbons (Fsp3) is 0.214. The van der Waals surface area contributed by atoms with Crippen LogP contribution in [0.3, 0.4) is 0 Å². The number of Topliss-reactive ketones (excluding diaryl/α,β-unsaturated/α-hetero) is 1. The normalized spacial score (nSPS) is 12.2. The number of ketones is 1. The second-order valence-electron chi connectivity index (χ2n) is 4.40. The van der Waals surface area contributed by atoms with Crippen LogP contribution in [-0.4, -0.2) is 14.9 Å². The number of carbonyl (C=O) groups is 1. The van der Waals surface area contributed by atoms with Crippen molar-refractivity contribution in [3.05, 3.63) is 68.5 Å². The number of halogens is 1. The second-order valence-corrected chi connectivity index (χ2v) is 4.84. The minimum Gasteiger partial charge on any atom is -0.299 e. The van der Waals surface area contributed by atoms with E-state index in [0.717, 1.165) is 4.57 Å². The summed E-state index contributed by atoms with van der Waals surface area (Å²) >= 11 is 6.14. The molecule has 0 saturated carbocycles. The van der Waals surface area contributed by atoms with Crippen LogP contribution in [0.1, 0.15) is 21.4 Å². The number of aromatic nitrogens is 2. The lowest BCUT2D eigenvalue weighted by molar-refractivity contribution is 0.0984. The number of carbonyl (C=O) groups excluding carboxylic acids is 1. The molecule has 1 heterocycles. The number of nitrogens with zero attached hydrogens (tertiary/aromatic N) is 2. The summed E-state index contributed by atoms with van der Waals surface area (Å²) in [4.78, 5) is 35.7. The summed E-state index contributed by atoms with van der Waals surface area (Å²) in [5.74, 6) is -0.351. The average Bonchev–Trinajstić information content (AvgIpc) is 2.48. The van der Waals surface area contributed by atoms with Gasteiger partial charge in [0.1, 0.15) is 5.38 Å². The molecule has 1 atom stereocenters. The van der Waals surface area contributed by atoms with Gasteiger partial charge < -0.3 is 0 Å². The van der Waals surface area contributed by atoms with Crippen LogP contribution in [0, 0.1) is 0 Å². The zero-order chi connectivity index (χ0) is 14.9. The Hall–Kier alpha value is -2.14. The van der Waals surface area contributed by atoms with E-state index in [4.69, 9.17) is 11.6 Å². The Morgan fingerprint density at radius 1 is 1.10 bits per heavy atom. The van der Waals surface area contributed by atoms with Gasteiger partial charge in [0.25, 0.3) is 5.56 Å². The SMILES string of the molecule is Cn1c(C(Cl)C(=O)c2ccccc2)cc(=O)n(C)c1=O. The molecule has 1 aromatic carbocycles. The summed E-state index contributed by atoms with van der Waals surface area (Å²) in [6.07, 6.45) is 0. The van der Waals surface area contributed by atoms with Gasteiger partial charge in [-0.3, -0.25) is 18.7 Å². The van der Waals surface area contributed by atoms with E-state index in [1.54, 1.807) is 30.3 Å². The van der Waals surface area contributed by atoms with Gasteiger partial charge in [0.2, 0.25) is 0 Å². The van der Waals surface area contributed by atoms with Crippen molar-refractivity contribution in [1.29, 1.82) is 0 Å². The number of hydrogen-bond donors (Lipinski definition) is 0. The molecule has 0 aliphatic carbocycles. The van der Waals surface area contributed by atoms with E-state index in [2.05, 4.69) is 0 Å². The molecule has 0 aliphatic heterocycles. The van der Waals surface area contributed by atoms with Gasteiger partial charge in [-0.2, -0.15) is 0 Å². The van der Waals surface area contributed by atoms with Crippen LogP contribution in [0.15, 0.2) is 46.0 Å². The zero-order valence-corrected chi connectivity index (χ0v) is 11.8. The Morgan fingerprint density at radius 3 is 2.30 bits per heavy atom. The van der Waals surface area contributed by atoms with Crippen molar-refractivity contribution in [2.75, 3.05) is 0 Å². The van der Waals surface area contributed by atoms with Gasteiger partial charge in [0, 0.05) is 25.7 Å². The van der Waals surface area contributed by atoms with Gasteiger partial charge in [0.05, 0.1) is 5.69 Å².